The summed E-state index contributed by atoms with van der Waals surface area (Å²) in [5.74, 6) is -0.509. The van der Waals surface area contributed by atoms with Crippen LogP contribution in [0.5, 0.6) is 0 Å². The van der Waals surface area contributed by atoms with E-state index in [0.717, 1.165) is 0 Å². The Morgan fingerprint density at radius 3 is 2.52 bits per heavy atom. The molecule has 0 saturated heterocycles. The summed E-state index contributed by atoms with van der Waals surface area (Å²) in [6, 6.07) is 10.2. The van der Waals surface area contributed by atoms with E-state index in [-0.39, 0.29) is 17.3 Å². The van der Waals surface area contributed by atoms with Crippen molar-refractivity contribution in [1.82, 2.24) is 4.98 Å². The second kappa shape index (κ2) is 5.02. The van der Waals surface area contributed by atoms with Gasteiger partial charge in [0.2, 0.25) is 5.78 Å². The molecule has 100 valence electrons. The molecule has 0 unspecified atom stereocenters. The molecule has 1 aromatic carbocycles. The van der Waals surface area contributed by atoms with Gasteiger partial charge in [0.1, 0.15) is 0 Å². The van der Waals surface area contributed by atoms with Crippen LogP contribution in [0.1, 0.15) is 26.3 Å². The number of ketones is 2. The third-order valence-corrected chi connectivity index (χ3v) is 3.14. The molecule has 1 N–H and O–H groups in total. The topological polar surface area (TPSA) is 82.8 Å². The monoisotopic (exact) mass is 275 g/mol. The van der Waals surface area contributed by atoms with Gasteiger partial charge in [-0.3, -0.25) is 14.6 Å². The summed E-state index contributed by atoms with van der Waals surface area (Å²) in [6.45, 7) is 0. The van der Waals surface area contributed by atoms with Crippen LogP contribution >= 0.6 is 0 Å². The largest absolute Gasteiger partial charge is 0.352 e. The van der Waals surface area contributed by atoms with Gasteiger partial charge in [0.15, 0.2) is 5.78 Å². The maximum absolute atomic E-state index is 12.3. The Bertz CT molecular complexity index is 814. The molecule has 0 aliphatic heterocycles. The van der Waals surface area contributed by atoms with E-state index in [1.807, 2.05) is 6.07 Å². The predicted octanol–water partition coefficient (Wildman–Crippen LogP) is 2.33. The molecule has 3 rings (SSSR count). The summed E-state index contributed by atoms with van der Waals surface area (Å²) in [6.07, 6.45) is 4.16. The zero-order valence-electron chi connectivity index (χ0n) is 10.8. The molecule has 1 aliphatic rings. The molecule has 0 saturated carbocycles. The van der Waals surface area contributed by atoms with E-state index < -0.39 is 0 Å². The van der Waals surface area contributed by atoms with Crippen molar-refractivity contribution in [3.8, 4) is 6.07 Å². The smallest absolute Gasteiger partial charge is 0.211 e. The predicted molar refractivity (Wildman–Crippen MR) is 75.8 cm³/mol. The molecule has 0 bridgehead atoms. The second-order valence-electron chi connectivity index (χ2n) is 4.49. The number of fused-ring (bicyclic) bond motifs is 1. The Morgan fingerprint density at radius 2 is 1.81 bits per heavy atom. The quantitative estimate of drug-likeness (QED) is 0.909. The van der Waals surface area contributed by atoms with E-state index in [1.54, 1.807) is 24.3 Å². The standard InChI is InChI=1S/C16H9N3O2/c17-8-10-1-3-11(4-2-10)19-14-7-15(20)12-5-6-18-9-13(12)16(14)21/h1-7,9,19H. The number of anilines is 1. The maximum atomic E-state index is 12.3. The summed E-state index contributed by atoms with van der Waals surface area (Å²) in [7, 11) is 0. The normalized spacial score (nSPS) is 13.2. The van der Waals surface area contributed by atoms with Gasteiger partial charge < -0.3 is 5.32 Å². The number of carbonyl (C=O) groups is 2. The highest BCUT2D eigenvalue weighted by molar-refractivity contribution is 6.25. The summed E-state index contributed by atoms with van der Waals surface area (Å²) in [5.41, 5.74) is 2.01. The average molecular weight is 275 g/mol. The highest BCUT2D eigenvalue weighted by Crippen LogP contribution is 2.22. The lowest BCUT2D eigenvalue weighted by molar-refractivity contribution is 0.0985. The fraction of sp³-hybridized carbons (Fsp3) is 0. The van der Waals surface area contributed by atoms with Crippen LogP contribution in [0, 0.1) is 11.3 Å². The van der Waals surface area contributed by atoms with Gasteiger partial charge in [0, 0.05) is 29.7 Å². The zero-order valence-corrected chi connectivity index (χ0v) is 10.8. The van der Waals surface area contributed by atoms with Gasteiger partial charge in [-0.2, -0.15) is 5.26 Å². The van der Waals surface area contributed by atoms with Crippen molar-refractivity contribution < 1.29 is 9.59 Å². The second-order valence-corrected chi connectivity index (χ2v) is 4.49. The van der Waals surface area contributed by atoms with Crippen LogP contribution < -0.4 is 5.32 Å². The van der Waals surface area contributed by atoms with Gasteiger partial charge in [-0.15, -0.1) is 0 Å². The van der Waals surface area contributed by atoms with Gasteiger partial charge >= 0.3 is 0 Å². The van der Waals surface area contributed by atoms with E-state index in [1.165, 1.54) is 24.5 Å². The van der Waals surface area contributed by atoms with E-state index >= 15 is 0 Å². The molecule has 21 heavy (non-hydrogen) atoms. The molecule has 0 atom stereocenters. The first-order valence-electron chi connectivity index (χ1n) is 6.21. The molecule has 0 amide bonds. The number of hydrogen-bond acceptors (Lipinski definition) is 5. The van der Waals surface area contributed by atoms with Crippen LogP contribution in [0.2, 0.25) is 0 Å². The minimum absolute atomic E-state index is 0.199. The summed E-state index contributed by atoms with van der Waals surface area (Å²) in [4.78, 5) is 28.2. The molecule has 0 spiro atoms. The van der Waals surface area contributed by atoms with Crippen molar-refractivity contribution in [2.75, 3.05) is 5.32 Å². The van der Waals surface area contributed by atoms with Gasteiger partial charge in [-0.05, 0) is 30.3 Å². The van der Waals surface area contributed by atoms with Gasteiger partial charge in [-0.1, -0.05) is 0 Å². The number of pyridine rings is 1. The number of carbonyl (C=O) groups excluding carboxylic acids is 2. The molecular weight excluding hydrogens is 266 g/mol. The number of nitrogens with one attached hydrogen (secondary N) is 1. The lowest BCUT2D eigenvalue weighted by Gasteiger charge is -2.16. The summed E-state index contributed by atoms with van der Waals surface area (Å²) >= 11 is 0. The Kier molecular flexibility index (Phi) is 3.05. The van der Waals surface area contributed by atoms with Crippen LogP contribution in [0.25, 0.3) is 0 Å². The molecule has 2 aromatic rings. The molecular formula is C16H9N3O2. The third-order valence-electron chi connectivity index (χ3n) is 3.14. The SMILES string of the molecule is N#Cc1ccc(NC2=CC(=O)c3ccncc3C2=O)cc1. The summed E-state index contributed by atoms with van der Waals surface area (Å²) < 4.78 is 0. The van der Waals surface area contributed by atoms with Crippen molar-refractivity contribution in [1.29, 1.82) is 5.26 Å². The number of nitrogens with zero attached hydrogens (tertiary/aromatic N) is 2. The molecule has 0 radical (unpaired) electrons. The van der Waals surface area contributed by atoms with Crippen molar-refractivity contribution >= 4 is 17.3 Å². The number of Topliss-reactive ketones (excluding diaryl/α,β-unsaturated/α-hetero) is 1. The third kappa shape index (κ3) is 2.30. The van der Waals surface area contributed by atoms with E-state index in [0.29, 0.717) is 22.4 Å². The number of rotatable bonds is 2. The Morgan fingerprint density at radius 1 is 1.05 bits per heavy atom. The first kappa shape index (κ1) is 12.8. The van der Waals surface area contributed by atoms with Crippen molar-refractivity contribution in [3.05, 3.63) is 71.2 Å². The first-order chi connectivity index (χ1) is 10.2. The van der Waals surface area contributed by atoms with Gasteiger partial charge in [-0.25, -0.2) is 0 Å². The number of hydrogen-bond donors (Lipinski definition) is 1. The van der Waals surface area contributed by atoms with E-state index in [2.05, 4.69) is 10.3 Å². The zero-order chi connectivity index (χ0) is 14.8. The molecule has 5 heteroatoms. The van der Waals surface area contributed by atoms with Gasteiger partial charge in [0.05, 0.1) is 22.9 Å². The number of benzene rings is 1. The fourth-order valence-corrected chi connectivity index (χ4v) is 2.09. The van der Waals surface area contributed by atoms with Crippen LogP contribution in [-0.2, 0) is 0 Å². The first-order valence-corrected chi connectivity index (χ1v) is 6.21. The Labute approximate surface area is 120 Å². The molecule has 1 aromatic heterocycles. The van der Waals surface area contributed by atoms with Crippen LogP contribution in [0.3, 0.4) is 0 Å². The lowest BCUT2D eigenvalue weighted by atomic mass is 9.94. The number of allylic oxidation sites excluding steroid dienone is 2. The molecule has 0 fully saturated rings. The van der Waals surface area contributed by atoms with Crippen molar-refractivity contribution in [2.24, 2.45) is 0 Å². The number of aromatic nitrogens is 1. The van der Waals surface area contributed by atoms with Crippen LogP contribution in [0.4, 0.5) is 5.69 Å². The Balaban J connectivity index is 1.92. The Hall–Kier alpha value is -3.26. The molecule has 5 nitrogen and oxygen atoms in total. The van der Waals surface area contributed by atoms with Crippen molar-refractivity contribution in [3.63, 3.8) is 0 Å². The van der Waals surface area contributed by atoms with E-state index in [9.17, 15) is 9.59 Å². The minimum atomic E-state index is -0.276. The van der Waals surface area contributed by atoms with Crippen LogP contribution in [0.15, 0.2) is 54.5 Å². The highest BCUT2D eigenvalue weighted by Gasteiger charge is 2.25. The lowest BCUT2D eigenvalue weighted by Crippen LogP contribution is -2.21. The van der Waals surface area contributed by atoms with Crippen molar-refractivity contribution in [2.45, 2.75) is 0 Å². The fourth-order valence-electron chi connectivity index (χ4n) is 2.09. The minimum Gasteiger partial charge on any atom is -0.352 e. The highest BCUT2D eigenvalue weighted by atomic mass is 16.1. The molecule has 1 aliphatic carbocycles. The number of nitriles is 1. The molecule has 1 heterocycles. The van der Waals surface area contributed by atoms with E-state index in [4.69, 9.17) is 5.26 Å². The summed E-state index contributed by atoms with van der Waals surface area (Å²) in [5, 5.41) is 11.7. The maximum Gasteiger partial charge on any atom is 0.211 e. The average Bonchev–Trinajstić information content (AvgIpc) is 2.53. The van der Waals surface area contributed by atoms with Gasteiger partial charge in [0.25, 0.3) is 0 Å². The van der Waals surface area contributed by atoms with Crippen LogP contribution in [-0.4, -0.2) is 16.6 Å².